The number of nitrogens with one attached hydrogen (secondary N) is 1. The van der Waals surface area contributed by atoms with Crippen molar-refractivity contribution >= 4 is 17.3 Å². The van der Waals surface area contributed by atoms with Crippen molar-refractivity contribution in [3.8, 4) is 5.69 Å². The van der Waals surface area contributed by atoms with Gasteiger partial charge >= 0.3 is 0 Å². The fraction of sp³-hybridized carbons (Fsp3) is 0.0556. The van der Waals surface area contributed by atoms with E-state index in [0.717, 1.165) is 11.5 Å². The first-order valence-corrected chi connectivity index (χ1v) is 7.61. The van der Waals surface area contributed by atoms with Crippen molar-refractivity contribution in [2.75, 3.05) is 5.32 Å². The van der Waals surface area contributed by atoms with E-state index in [1.54, 1.807) is 6.20 Å². The molecule has 1 aromatic carbocycles. The highest BCUT2D eigenvalue weighted by Gasteiger charge is 2.27. The van der Waals surface area contributed by atoms with Crippen molar-refractivity contribution < 1.29 is 9.59 Å². The van der Waals surface area contributed by atoms with Crippen molar-refractivity contribution in [1.82, 2.24) is 19.5 Å². The van der Waals surface area contributed by atoms with Gasteiger partial charge in [-0.2, -0.15) is 0 Å². The molecular formula is C18H13N5O2. The van der Waals surface area contributed by atoms with E-state index in [-0.39, 0.29) is 28.5 Å². The van der Waals surface area contributed by atoms with Crippen LogP contribution in [0.2, 0.25) is 0 Å². The number of carbonyl (C=O) groups is 2. The standard InChI is InChI=1S/C18H13N5O2/c1-11-20-6-7-23(11)13-4-2-12(3-5-13)22-15-8-16(24)17-14(18(15)25)9-19-10-21-17/h2-10,22H,1H3. The molecule has 2 aromatic heterocycles. The lowest BCUT2D eigenvalue weighted by Gasteiger charge is -2.15. The van der Waals surface area contributed by atoms with Crippen molar-refractivity contribution in [2.24, 2.45) is 0 Å². The highest BCUT2D eigenvalue weighted by Crippen LogP contribution is 2.22. The van der Waals surface area contributed by atoms with Crippen LogP contribution >= 0.6 is 0 Å². The van der Waals surface area contributed by atoms with E-state index in [2.05, 4.69) is 20.3 Å². The van der Waals surface area contributed by atoms with E-state index in [1.165, 1.54) is 18.6 Å². The molecule has 1 N–H and O–H groups in total. The number of imidazole rings is 1. The Kier molecular flexibility index (Phi) is 3.46. The summed E-state index contributed by atoms with van der Waals surface area (Å²) in [6, 6.07) is 7.49. The van der Waals surface area contributed by atoms with E-state index < -0.39 is 0 Å². The second-order valence-corrected chi connectivity index (χ2v) is 5.55. The molecule has 7 heteroatoms. The predicted octanol–water partition coefficient (Wildman–Crippen LogP) is 2.35. The Balaban J connectivity index is 1.60. The normalized spacial score (nSPS) is 13.4. The minimum absolute atomic E-state index is 0.136. The van der Waals surface area contributed by atoms with Gasteiger partial charge in [0.25, 0.3) is 0 Å². The van der Waals surface area contributed by atoms with Crippen LogP contribution in [0.15, 0.2) is 61.0 Å². The number of hydrogen-bond donors (Lipinski definition) is 1. The number of carbonyl (C=O) groups excluding carboxylic acids is 2. The first-order chi connectivity index (χ1) is 12.1. The fourth-order valence-corrected chi connectivity index (χ4v) is 2.71. The molecular weight excluding hydrogens is 318 g/mol. The molecule has 1 aliphatic rings. The molecule has 1 aliphatic carbocycles. The smallest absolute Gasteiger partial charge is 0.213 e. The third kappa shape index (κ3) is 2.61. The van der Waals surface area contributed by atoms with Gasteiger partial charge in [-0.05, 0) is 31.2 Å². The Bertz CT molecular complexity index is 1020. The maximum absolute atomic E-state index is 12.5. The van der Waals surface area contributed by atoms with Crippen LogP contribution in [0.4, 0.5) is 5.69 Å². The minimum Gasteiger partial charge on any atom is -0.352 e. The summed E-state index contributed by atoms with van der Waals surface area (Å²) in [6.45, 7) is 1.92. The monoisotopic (exact) mass is 331 g/mol. The molecule has 4 rings (SSSR count). The first kappa shape index (κ1) is 14.9. The zero-order valence-electron chi connectivity index (χ0n) is 13.3. The summed E-state index contributed by atoms with van der Waals surface area (Å²) in [7, 11) is 0. The highest BCUT2D eigenvalue weighted by atomic mass is 16.1. The van der Waals surface area contributed by atoms with E-state index in [9.17, 15) is 9.59 Å². The number of Topliss-reactive ketones (excluding diaryl/α,β-unsaturated/α-hetero) is 1. The summed E-state index contributed by atoms with van der Waals surface area (Å²) in [5.74, 6) is 0.267. The van der Waals surface area contributed by atoms with Crippen LogP contribution in [0, 0.1) is 6.92 Å². The highest BCUT2D eigenvalue weighted by molar-refractivity contribution is 6.24. The molecule has 0 saturated heterocycles. The van der Waals surface area contributed by atoms with Crippen molar-refractivity contribution in [3.63, 3.8) is 0 Å². The molecule has 0 saturated carbocycles. The molecule has 0 spiro atoms. The lowest BCUT2D eigenvalue weighted by molar-refractivity contribution is 0.0981. The number of ketones is 2. The van der Waals surface area contributed by atoms with Gasteiger partial charge < -0.3 is 9.88 Å². The molecule has 0 bridgehead atoms. The number of aryl methyl sites for hydroxylation is 1. The van der Waals surface area contributed by atoms with Crippen LogP contribution in [0.25, 0.3) is 5.69 Å². The summed E-state index contributed by atoms with van der Waals surface area (Å²) in [6.07, 6.45) is 7.50. The number of rotatable bonds is 3. The lowest BCUT2D eigenvalue weighted by Crippen LogP contribution is -2.22. The van der Waals surface area contributed by atoms with E-state index in [4.69, 9.17) is 0 Å². The molecule has 25 heavy (non-hydrogen) atoms. The third-order valence-electron chi connectivity index (χ3n) is 3.96. The Hall–Kier alpha value is -3.61. The number of anilines is 1. The molecule has 3 aromatic rings. The SMILES string of the molecule is Cc1nccn1-c1ccc(NC2=CC(=O)c3ncncc3C2=O)cc1. The second kappa shape index (κ2) is 5.79. The number of fused-ring (bicyclic) bond motifs is 1. The van der Waals surface area contributed by atoms with Gasteiger partial charge in [0.15, 0.2) is 0 Å². The Morgan fingerprint density at radius 1 is 1.08 bits per heavy atom. The molecule has 7 nitrogen and oxygen atoms in total. The number of benzene rings is 1. The minimum atomic E-state index is -0.315. The summed E-state index contributed by atoms with van der Waals surface area (Å²) < 4.78 is 1.95. The number of nitrogens with zero attached hydrogens (tertiary/aromatic N) is 4. The van der Waals surface area contributed by atoms with Crippen LogP contribution in [-0.2, 0) is 0 Å². The maximum Gasteiger partial charge on any atom is 0.213 e. The van der Waals surface area contributed by atoms with Crippen LogP contribution in [-0.4, -0.2) is 31.1 Å². The Morgan fingerprint density at radius 3 is 2.60 bits per heavy atom. The zero-order valence-corrected chi connectivity index (χ0v) is 13.3. The molecule has 0 fully saturated rings. The topological polar surface area (TPSA) is 89.8 Å². The Morgan fingerprint density at radius 2 is 1.88 bits per heavy atom. The molecule has 0 unspecified atom stereocenters. The molecule has 122 valence electrons. The predicted molar refractivity (Wildman–Crippen MR) is 90.7 cm³/mol. The average Bonchev–Trinajstić information content (AvgIpc) is 3.06. The molecule has 0 aliphatic heterocycles. The number of allylic oxidation sites excluding steroid dienone is 2. The maximum atomic E-state index is 12.5. The molecule has 0 radical (unpaired) electrons. The van der Waals surface area contributed by atoms with Crippen molar-refractivity contribution in [1.29, 1.82) is 0 Å². The summed E-state index contributed by atoms with van der Waals surface area (Å²) >= 11 is 0. The molecule has 2 heterocycles. The number of aromatic nitrogens is 4. The van der Waals surface area contributed by atoms with Gasteiger partial charge in [-0.25, -0.2) is 15.0 Å². The van der Waals surface area contributed by atoms with E-state index in [1.807, 2.05) is 42.0 Å². The van der Waals surface area contributed by atoms with Gasteiger partial charge in [0.05, 0.1) is 11.3 Å². The lowest BCUT2D eigenvalue weighted by atomic mass is 9.98. The summed E-state index contributed by atoms with van der Waals surface area (Å²) in [5.41, 5.74) is 2.21. The first-order valence-electron chi connectivity index (χ1n) is 7.61. The van der Waals surface area contributed by atoms with Gasteiger partial charge in [0.1, 0.15) is 17.8 Å². The van der Waals surface area contributed by atoms with Crippen molar-refractivity contribution in [3.05, 3.63) is 78.0 Å². The second-order valence-electron chi connectivity index (χ2n) is 5.55. The van der Waals surface area contributed by atoms with Gasteiger partial charge in [0, 0.05) is 36.0 Å². The Labute approximate surface area is 143 Å². The van der Waals surface area contributed by atoms with Crippen LogP contribution < -0.4 is 5.32 Å². The van der Waals surface area contributed by atoms with Gasteiger partial charge in [-0.3, -0.25) is 9.59 Å². The fourth-order valence-electron chi connectivity index (χ4n) is 2.71. The van der Waals surface area contributed by atoms with E-state index in [0.29, 0.717) is 5.69 Å². The number of hydrogen-bond acceptors (Lipinski definition) is 6. The van der Waals surface area contributed by atoms with E-state index >= 15 is 0 Å². The molecule has 0 atom stereocenters. The zero-order chi connectivity index (χ0) is 17.4. The molecule has 0 amide bonds. The van der Waals surface area contributed by atoms with Gasteiger partial charge in [0.2, 0.25) is 11.6 Å². The van der Waals surface area contributed by atoms with Crippen LogP contribution in [0.5, 0.6) is 0 Å². The third-order valence-corrected chi connectivity index (χ3v) is 3.96. The summed E-state index contributed by atoms with van der Waals surface area (Å²) in [5, 5.41) is 3.00. The van der Waals surface area contributed by atoms with Crippen molar-refractivity contribution in [2.45, 2.75) is 6.92 Å². The average molecular weight is 331 g/mol. The summed E-state index contributed by atoms with van der Waals surface area (Å²) in [4.78, 5) is 36.5. The van der Waals surface area contributed by atoms with Crippen LogP contribution in [0.3, 0.4) is 0 Å². The van der Waals surface area contributed by atoms with Crippen LogP contribution in [0.1, 0.15) is 26.7 Å². The largest absolute Gasteiger partial charge is 0.352 e. The van der Waals surface area contributed by atoms with Gasteiger partial charge in [-0.1, -0.05) is 0 Å². The quantitative estimate of drug-likeness (QED) is 0.792. The van der Waals surface area contributed by atoms with Gasteiger partial charge in [-0.15, -0.1) is 0 Å².